The number of amides is 2. The van der Waals surface area contributed by atoms with Crippen molar-refractivity contribution in [3.8, 4) is 0 Å². The summed E-state index contributed by atoms with van der Waals surface area (Å²) in [6.07, 6.45) is 4.90. The van der Waals surface area contributed by atoms with E-state index in [9.17, 15) is 9.59 Å². The molecule has 0 aromatic heterocycles. The summed E-state index contributed by atoms with van der Waals surface area (Å²) in [5.41, 5.74) is 1.62. The molecule has 0 spiro atoms. The van der Waals surface area contributed by atoms with Crippen molar-refractivity contribution in [3.63, 3.8) is 0 Å². The first kappa shape index (κ1) is 17.0. The molecule has 2 amide bonds. The van der Waals surface area contributed by atoms with Gasteiger partial charge in [-0.1, -0.05) is 12.1 Å². The summed E-state index contributed by atoms with van der Waals surface area (Å²) in [6, 6.07) is 7.23. The van der Waals surface area contributed by atoms with Gasteiger partial charge in [-0.3, -0.25) is 9.59 Å². The number of hydrogen-bond acceptors (Lipinski definition) is 3. The second-order valence-corrected chi connectivity index (χ2v) is 6.68. The Morgan fingerprint density at radius 2 is 1.88 bits per heavy atom. The summed E-state index contributed by atoms with van der Waals surface area (Å²) in [5.74, 6) is 0.0961. The van der Waals surface area contributed by atoms with Crippen molar-refractivity contribution in [2.45, 2.75) is 44.8 Å². The van der Waals surface area contributed by atoms with Crippen molar-refractivity contribution in [1.82, 2.24) is 9.80 Å². The molecular weight excluding hydrogens is 304 g/mol. The van der Waals surface area contributed by atoms with Gasteiger partial charge in [-0.25, -0.2) is 0 Å². The zero-order valence-corrected chi connectivity index (χ0v) is 14.4. The fourth-order valence-corrected chi connectivity index (χ4v) is 3.71. The average Bonchev–Trinajstić information content (AvgIpc) is 3.16. The molecule has 0 unspecified atom stereocenters. The van der Waals surface area contributed by atoms with Gasteiger partial charge >= 0.3 is 0 Å². The molecule has 0 saturated carbocycles. The van der Waals surface area contributed by atoms with Crippen LogP contribution in [0.3, 0.4) is 0 Å². The number of ether oxygens (including phenoxy) is 1. The maximum absolute atomic E-state index is 13.0. The van der Waals surface area contributed by atoms with Crippen LogP contribution in [0.5, 0.6) is 0 Å². The van der Waals surface area contributed by atoms with Crippen LogP contribution in [-0.2, 0) is 16.1 Å². The van der Waals surface area contributed by atoms with Crippen LogP contribution in [0.4, 0.5) is 0 Å². The molecule has 1 atom stereocenters. The molecule has 24 heavy (non-hydrogen) atoms. The predicted octanol–water partition coefficient (Wildman–Crippen LogP) is 2.45. The highest BCUT2D eigenvalue weighted by Gasteiger charge is 2.35. The molecule has 2 aliphatic rings. The molecule has 0 N–H and O–H groups in total. The third-order valence-electron chi connectivity index (χ3n) is 4.95. The Morgan fingerprint density at radius 3 is 2.62 bits per heavy atom. The number of hydrogen-bond donors (Lipinski definition) is 0. The van der Waals surface area contributed by atoms with E-state index in [0.717, 1.165) is 50.8 Å². The topological polar surface area (TPSA) is 49.9 Å². The van der Waals surface area contributed by atoms with E-state index in [0.29, 0.717) is 18.7 Å². The van der Waals surface area contributed by atoms with Crippen molar-refractivity contribution in [3.05, 3.63) is 35.4 Å². The lowest BCUT2D eigenvalue weighted by Gasteiger charge is -2.36. The summed E-state index contributed by atoms with van der Waals surface area (Å²) in [6.45, 7) is 2.82. The van der Waals surface area contributed by atoms with Crippen molar-refractivity contribution in [2.24, 2.45) is 0 Å². The molecule has 2 fully saturated rings. The molecular formula is C19H26N2O3. The van der Waals surface area contributed by atoms with E-state index in [-0.39, 0.29) is 17.9 Å². The zero-order chi connectivity index (χ0) is 16.9. The van der Waals surface area contributed by atoms with Gasteiger partial charge < -0.3 is 14.5 Å². The first-order valence-electron chi connectivity index (χ1n) is 8.88. The van der Waals surface area contributed by atoms with Gasteiger partial charge in [0.05, 0.1) is 6.61 Å². The molecule has 5 heteroatoms. The average molecular weight is 330 g/mol. The molecule has 1 aromatic rings. The fourth-order valence-electron chi connectivity index (χ4n) is 3.71. The number of benzene rings is 1. The van der Waals surface area contributed by atoms with Crippen molar-refractivity contribution >= 4 is 11.8 Å². The lowest BCUT2D eigenvalue weighted by Crippen LogP contribution is -2.52. The Hall–Kier alpha value is -1.88. The molecule has 130 valence electrons. The highest BCUT2D eigenvalue weighted by Crippen LogP contribution is 2.23. The minimum Gasteiger partial charge on any atom is -0.380 e. The number of likely N-dealkylation sites (tertiary alicyclic amines) is 2. The van der Waals surface area contributed by atoms with E-state index in [1.165, 1.54) is 0 Å². The van der Waals surface area contributed by atoms with Gasteiger partial charge in [0.15, 0.2) is 0 Å². The normalized spacial score (nSPS) is 21.1. The van der Waals surface area contributed by atoms with Crippen LogP contribution in [0.25, 0.3) is 0 Å². The predicted molar refractivity (Wildman–Crippen MR) is 91.6 cm³/mol. The first-order valence-corrected chi connectivity index (χ1v) is 8.88. The number of carbonyl (C=O) groups is 2. The third-order valence-corrected chi connectivity index (χ3v) is 4.95. The van der Waals surface area contributed by atoms with Gasteiger partial charge in [0.1, 0.15) is 6.04 Å². The largest absolute Gasteiger partial charge is 0.380 e. The minimum absolute atomic E-state index is 0.0369. The molecule has 2 saturated heterocycles. The quantitative estimate of drug-likeness (QED) is 0.852. The SMILES string of the molecule is COCc1cccc(C(=O)N2CCCC[C@@H]2C(=O)N2CCCC2)c1. The molecule has 1 aromatic carbocycles. The third kappa shape index (κ3) is 3.61. The number of piperidine rings is 1. The van der Waals surface area contributed by atoms with E-state index < -0.39 is 0 Å². The summed E-state index contributed by atoms with van der Waals surface area (Å²) in [7, 11) is 1.64. The van der Waals surface area contributed by atoms with Crippen LogP contribution >= 0.6 is 0 Å². The number of nitrogens with zero attached hydrogens (tertiary/aromatic N) is 2. The fraction of sp³-hybridized carbons (Fsp3) is 0.579. The molecule has 2 heterocycles. The van der Waals surface area contributed by atoms with Crippen LogP contribution in [0.2, 0.25) is 0 Å². The second-order valence-electron chi connectivity index (χ2n) is 6.68. The van der Waals surface area contributed by atoms with Gasteiger partial charge in [0, 0.05) is 32.3 Å². The molecule has 5 nitrogen and oxygen atoms in total. The van der Waals surface area contributed by atoms with Gasteiger partial charge in [-0.15, -0.1) is 0 Å². The van der Waals surface area contributed by atoms with E-state index in [1.54, 1.807) is 12.0 Å². The molecule has 0 radical (unpaired) electrons. The summed E-state index contributed by atoms with van der Waals surface area (Å²) in [4.78, 5) is 29.5. The smallest absolute Gasteiger partial charge is 0.254 e. The first-order chi connectivity index (χ1) is 11.7. The van der Waals surface area contributed by atoms with Crippen molar-refractivity contribution in [2.75, 3.05) is 26.7 Å². The van der Waals surface area contributed by atoms with Crippen LogP contribution in [0.1, 0.15) is 48.0 Å². The van der Waals surface area contributed by atoms with Gasteiger partial charge in [-0.05, 0) is 49.8 Å². The van der Waals surface area contributed by atoms with Crippen molar-refractivity contribution < 1.29 is 14.3 Å². The summed E-state index contributed by atoms with van der Waals surface area (Å²) >= 11 is 0. The van der Waals surface area contributed by atoms with Crippen LogP contribution in [-0.4, -0.2) is 54.4 Å². The van der Waals surface area contributed by atoms with Crippen LogP contribution in [0.15, 0.2) is 24.3 Å². The highest BCUT2D eigenvalue weighted by atomic mass is 16.5. The Bertz CT molecular complexity index is 596. The Morgan fingerprint density at radius 1 is 1.12 bits per heavy atom. The van der Waals surface area contributed by atoms with Gasteiger partial charge in [0.25, 0.3) is 5.91 Å². The zero-order valence-electron chi connectivity index (χ0n) is 14.4. The standard InChI is InChI=1S/C19H26N2O3/c1-24-14-15-7-6-8-16(13-15)18(22)21-12-3-2-9-17(21)19(23)20-10-4-5-11-20/h6-8,13,17H,2-5,9-12,14H2,1H3/t17-/m1/s1. The molecule has 3 rings (SSSR count). The van der Waals surface area contributed by atoms with Crippen LogP contribution in [0, 0.1) is 0 Å². The Labute approximate surface area is 143 Å². The van der Waals surface area contributed by atoms with Gasteiger partial charge in [0.2, 0.25) is 5.91 Å². The number of carbonyl (C=O) groups excluding carboxylic acids is 2. The maximum Gasteiger partial charge on any atom is 0.254 e. The lowest BCUT2D eigenvalue weighted by molar-refractivity contribution is -0.136. The lowest BCUT2D eigenvalue weighted by atomic mass is 9.99. The Kier molecular flexibility index (Phi) is 5.51. The van der Waals surface area contributed by atoms with Gasteiger partial charge in [-0.2, -0.15) is 0 Å². The van der Waals surface area contributed by atoms with E-state index in [2.05, 4.69) is 0 Å². The van der Waals surface area contributed by atoms with Crippen molar-refractivity contribution in [1.29, 1.82) is 0 Å². The second kappa shape index (κ2) is 7.79. The highest BCUT2D eigenvalue weighted by molar-refractivity contribution is 5.97. The summed E-state index contributed by atoms with van der Waals surface area (Å²) < 4.78 is 5.15. The van der Waals surface area contributed by atoms with E-state index in [1.807, 2.05) is 29.2 Å². The molecule has 0 aliphatic carbocycles. The van der Waals surface area contributed by atoms with E-state index in [4.69, 9.17) is 4.74 Å². The summed E-state index contributed by atoms with van der Waals surface area (Å²) in [5, 5.41) is 0. The minimum atomic E-state index is -0.296. The molecule has 2 aliphatic heterocycles. The number of rotatable bonds is 4. The van der Waals surface area contributed by atoms with E-state index >= 15 is 0 Å². The Balaban J connectivity index is 1.78. The monoisotopic (exact) mass is 330 g/mol. The molecule has 0 bridgehead atoms. The maximum atomic E-state index is 13.0. The number of methoxy groups -OCH3 is 1. The van der Waals surface area contributed by atoms with Crippen LogP contribution < -0.4 is 0 Å².